The van der Waals surface area contributed by atoms with E-state index in [4.69, 9.17) is 4.74 Å². The van der Waals surface area contributed by atoms with Gasteiger partial charge in [-0.3, -0.25) is 0 Å². The van der Waals surface area contributed by atoms with Crippen molar-refractivity contribution in [3.63, 3.8) is 0 Å². The number of methoxy groups -OCH3 is 1. The molecule has 1 aliphatic rings. The van der Waals surface area contributed by atoms with Crippen molar-refractivity contribution in [1.29, 1.82) is 0 Å². The van der Waals surface area contributed by atoms with Gasteiger partial charge in [0.05, 0.1) is 17.9 Å². The summed E-state index contributed by atoms with van der Waals surface area (Å²) in [5, 5.41) is 12.3. The molecule has 1 saturated carbocycles. The van der Waals surface area contributed by atoms with E-state index in [0.717, 1.165) is 38.5 Å². The number of anilines is 1. The first-order valence-electron chi connectivity index (χ1n) is 8.98. The van der Waals surface area contributed by atoms with Gasteiger partial charge in [-0.1, -0.05) is 25.7 Å². The van der Waals surface area contributed by atoms with E-state index in [1.165, 1.54) is 18.2 Å². The molecular weight excluding hydrogens is 356 g/mol. The van der Waals surface area contributed by atoms with Crippen molar-refractivity contribution in [2.45, 2.75) is 62.4 Å². The maximum atomic E-state index is 13.0. The Hall–Kier alpha value is -1.64. The molecule has 0 radical (unpaired) electrons. The van der Waals surface area contributed by atoms with Gasteiger partial charge in [-0.05, 0) is 38.0 Å². The molecule has 0 saturated heterocycles. The van der Waals surface area contributed by atoms with Gasteiger partial charge in [0.2, 0.25) is 10.0 Å². The van der Waals surface area contributed by atoms with Crippen LogP contribution in [0.3, 0.4) is 0 Å². The van der Waals surface area contributed by atoms with Gasteiger partial charge in [-0.2, -0.15) is 0 Å². The summed E-state index contributed by atoms with van der Waals surface area (Å²) in [6.07, 6.45) is 5.85. The SMILES string of the molecule is COC[C@@H](C)Nc1ccc(C(=O)O)cc1S(=O)(=O)NC1CCCCCC1. The van der Waals surface area contributed by atoms with E-state index in [-0.39, 0.29) is 22.5 Å². The Bertz CT molecular complexity index is 712. The molecule has 1 fully saturated rings. The van der Waals surface area contributed by atoms with Crippen molar-refractivity contribution in [2.24, 2.45) is 0 Å². The zero-order chi connectivity index (χ0) is 19.2. The minimum absolute atomic E-state index is 0.0374. The van der Waals surface area contributed by atoms with Crippen LogP contribution in [0.15, 0.2) is 23.1 Å². The maximum Gasteiger partial charge on any atom is 0.335 e. The molecule has 7 nitrogen and oxygen atoms in total. The molecule has 26 heavy (non-hydrogen) atoms. The fraction of sp³-hybridized carbons (Fsp3) is 0.611. The fourth-order valence-electron chi connectivity index (χ4n) is 3.23. The van der Waals surface area contributed by atoms with E-state index in [1.807, 2.05) is 6.92 Å². The highest BCUT2D eigenvalue weighted by atomic mass is 32.2. The van der Waals surface area contributed by atoms with Crippen molar-refractivity contribution in [2.75, 3.05) is 19.0 Å². The van der Waals surface area contributed by atoms with Gasteiger partial charge in [0.15, 0.2) is 0 Å². The number of hydrogen-bond donors (Lipinski definition) is 3. The molecule has 1 aromatic rings. The van der Waals surface area contributed by atoms with E-state index < -0.39 is 16.0 Å². The summed E-state index contributed by atoms with van der Waals surface area (Å²) < 4.78 is 33.8. The third-order valence-corrected chi connectivity index (χ3v) is 6.07. The van der Waals surface area contributed by atoms with Gasteiger partial charge >= 0.3 is 5.97 Å². The molecule has 3 N–H and O–H groups in total. The summed E-state index contributed by atoms with van der Waals surface area (Å²) in [6, 6.07) is 3.87. The topological polar surface area (TPSA) is 105 Å². The molecule has 146 valence electrons. The summed E-state index contributed by atoms with van der Waals surface area (Å²) >= 11 is 0. The number of carboxylic acid groups (broad SMARTS) is 1. The Morgan fingerprint density at radius 3 is 2.50 bits per heavy atom. The Labute approximate surface area is 155 Å². The lowest BCUT2D eigenvalue weighted by molar-refractivity contribution is 0.0696. The number of benzene rings is 1. The second-order valence-electron chi connectivity index (χ2n) is 6.83. The average molecular weight is 384 g/mol. The number of hydrogen-bond acceptors (Lipinski definition) is 5. The number of ether oxygens (including phenoxy) is 1. The number of sulfonamides is 1. The molecule has 2 rings (SSSR count). The van der Waals surface area contributed by atoms with Crippen LogP contribution in [0.4, 0.5) is 5.69 Å². The normalized spacial score (nSPS) is 17.5. The molecule has 0 spiro atoms. The standard InChI is InChI=1S/C18H28N2O5S/c1-13(12-25-2)19-16-10-9-14(18(21)22)11-17(16)26(23,24)20-15-7-5-3-4-6-8-15/h9-11,13,15,19-20H,3-8,12H2,1-2H3,(H,21,22)/t13-/m1/s1. The Morgan fingerprint density at radius 1 is 1.27 bits per heavy atom. The monoisotopic (exact) mass is 384 g/mol. The first-order chi connectivity index (χ1) is 12.3. The summed E-state index contributed by atoms with van der Waals surface area (Å²) in [6.45, 7) is 2.26. The second-order valence-corrected chi connectivity index (χ2v) is 8.51. The Kier molecular flexibility index (Phi) is 7.43. The average Bonchev–Trinajstić information content (AvgIpc) is 2.83. The van der Waals surface area contributed by atoms with Crippen LogP contribution in [0.5, 0.6) is 0 Å². The van der Waals surface area contributed by atoms with Crippen LogP contribution >= 0.6 is 0 Å². The number of aromatic carboxylic acids is 1. The highest BCUT2D eigenvalue weighted by molar-refractivity contribution is 7.89. The van der Waals surface area contributed by atoms with Crippen LogP contribution in [0.25, 0.3) is 0 Å². The summed E-state index contributed by atoms with van der Waals surface area (Å²) in [5.74, 6) is -1.16. The van der Waals surface area contributed by atoms with Crippen LogP contribution < -0.4 is 10.0 Å². The number of carboxylic acids is 1. The Balaban J connectivity index is 2.32. The van der Waals surface area contributed by atoms with Crippen LogP contribution in [0, 0.1) is 0 Å². The van der Waals surface area contributed by atoms with Crippen molar-refractivity contribution in [3.05, 3.63) is 23.8 Å². The van der Waals surface area contributed by atoms with Crippen molar-refractivity contribution < 1.29 is 23.1 Å². The Morgan fingerprint density at radius 2 is 1.92 bits per heavy atom. The molecule has 0 aromatic heterocycles. The van der Waals surface area contributed by atoms with Gasteiger partial charge in [-0.25, -0.2) is 17.9 Å². The third kappa shape index (κ3) is 5.69. The molecule has 1 aromatic carbocycles. The van der Waals surface area contributed by atoms with Crippen LogP contribution in [0.1, 0.15) is 55.8 Å². The molecule has 0 amide bonds. The van der Waals surface area contributed by atoms with E-state index in [1.54, 1.807) is 7.11 Å². The fourth-order valence-corrected chi connectivity index (χ4v) is 4.73. The highest BCUT2D eigenvalue weighted by Crippen LogP contribution is 2.26. The molecular formula is C18H28N2O5S. The minimum atomic E-state index is -3.84. The number of nitrogens with one attached hydrogen (secondary N) is 2. The minimum Gasteiger partial charge on any atom is -0.478 e. The first kappa shape index (κ1) is 20.7. The van der Waals surface area contributed by atoms with Gasteiger partial charge in [0.1, 0.15) is 4.90 Å². The van der Waals surface area contributed by atoms with E-state index in [0.29, 0.717) is 12.3 Å². The van der Waals surface area contributed by atoms with Crippen molar-refractivity contribution in [1.82, 2.24) is 4.72 Å². The third-order valence-electron chi connectivity index (χ3n) is 4.51. The molecule has 1 aliphatic carbocycles. The van der Waals surface area contributed by atoms with Gasteiger partial charge in [0, 0.05) is 19.2 Å². The lowest BCUT2D eigenvalue weighted by Crippen LogP contribution is -2.35. The predicted molar refractivity (Wildman–Crippen MR) is 100 cm³/mol. The first-order valence-corrected chi connectivity index (χ1v) is 10.5. The van der Waals surface area contributed by atoms with Crippen LogP contribution in [0.2, 0.25) is 0 Å². The van der Waals surface area contributed by atoms with Crippen LogP contribution in [-0.4, -0.2) is 45.3 Å². The smallest absolute Gasteiger partial charge is 0.335 e. The lowest BCUT2D eigenvalue weighted by Gasteiger charge is -2.21. The van der Waals surface area contributed by atoms with E-state index >= 15 is 0 Å². The lowest BCUT2D eigenvalue weighted by atomic mass is 10.1. The van der Waals surface area contributed by atoms with Crippen LogP contribution in [-0.2, 0) is 14.8 Å². The quantitative estimate of drug-likeness (QED) is 0.595. The van der Waals surface area contributed by atoms with Crippen molar-refractivity contribution in [3.8, 4) is 0 Å². The molecule has 1 atom stereocenters. The van der Waals surface area contributed by atoms with Gasteiger partial charge in [0.25, 0.3) is 0 Å². The zero-order valence-electron chi connectivity index (χ0n) is 15.3. The van der Waals surface area contributed by atoms with Gasteiger partial charge in [-0.15, -0.1) is 0 Å². The molecule has 0 bridgehead atoms. The summed E-state index contributed by atoms with van der Waals surface area (Å²) in [4.78, 5) is 11.3. The highest BCUT2D eigenvalue weighted by Gasteiger charge is 2.25. The molecule has 0 unspecified atom stereocenters. The summed E-state index contributed by atoms with van der Waals surface area (Å²) in [7, 11) is -2.27. The van der Waals surface area contributed by atoms with Gasteiger partial charge < -0.3 is 15.2 Å². The zero-order valence-corrected chi connectivity index (χ0v) is 16.1. The maximum absolute atomic E-state index is 13.0. The molecule has 0 heterocycles. The second kappa shape index (κ2) is 9.34. The number of carbonyl (C=O) groups is 1. The van der Waals surface area contributed by atoms with Crippen molar-refractivity contribution >= 4 is 21.7 Å². The number of rotatable bonds is 8. The molecule has 8 heteroatoms. The van der Waals surface area contributed by atoms with E-state index in [9.17, 15) is 18.3 Å². The van der Waals surface area contributed by atoms with E-state index in [2.05, 4.69) is 10.0 Å². The summed E-state index contributed by atoms with van der Waals surface area (Å²) in [5.41, 5.74) is 0.317. The largest absolute Gasteiger partial charge is 0.478 e. The predicted octanol–water partition coefficient (Wildman–Crippen LogP) is 2.83. The molecule has 0 aliphatic heterocycles.